The van der Waals surface area contributed by atoms with Crippen molar-refractivity contribution in [3.63, 3.8) is 0 Å². The van der Waals surface area contributed by atoms with Crippen LogP contribution in [0, 0.1) is 0 Å². The molecule has 7 heavy (non-hydrogen) atoms. The van der Waals surface area contributed by atoms with Gasteiger partial charge >= 0.3 is 0 Å². The molecular weight excluding hydrogens is 88.1 g/mol. The molecule has 0 atom stereocenters. The van der Waals surface area contributed by atoms with Crippen LogP contribution in [0.3, 0.4) is 0 Å². The molecule has 0 unspecified atom stereocenters. The Morgan fingerprint density at radius 1 is 1.57 bits per heavy atom. The van der Waals surface area contributed by atoms with Gasteiger partial charge in [0.25, 0.3) is 0 Å². The molecule has 0 saturated carbocycles. The molecular formula is C6H14N+. The highest BCUT2D eigenvalue weighted by atomic mass is 14.8. The van der Waals surface area contributed by atoms with E-state index in [-0.39, 0.29) is 0 Å². The Bertz CT molecular complexity index is 48.1. The number of hydrogen-bond acceptors (Lipinski definition) is 0. The van der Waals surface area contributed by atoms with E-state index in [4.69, 9.17) is 0 Å². The van der Waals surface area contributed by atoms with Gasteiger partial charge in [-0.15, -0.1) is 0 Å². The summed E-state index contributed by atoms with van der Waals surface area (Å²) in [5.74, 6) is 0. The average Bonchev–Trinajstić information content (AvgIpc) is 1.69. The molecule has 1 N–H and O–H groups in total. The van der Waals surface area contributed by atoms with Gasteiger partial charge in [0.15, 0.2) is 0 Å². The Labute approximate surface area is 45.5 Å². The first-order chi connectivity index (χ1) is 3.41. The first kappa shape index (κ1) is 6.67. The maximum Gasteiger partial charge on any atom is 0.137 e. The molecule has 0 saturated heterocycles. The van der Waals surface area contributed by atoms with Gasteiger partial charge in [-0.2, -0.15) is 0 Å². The number of unbranched alkanes of at least 4 members (excludes halogenated alkanes) is 2. The highest BCUT2D eigenvalue weighted by Crippen LogP contribution is 1.86. The Hall–Kier alpha value is -0.330. The predicted octanol–water partition coefficient (Wildman–Crippen LogP) is -0.0422. The molecule has 0 amide bonds. The SMILES string of the molecule is [13CH3]CCCC=[NH+][13CH3]. The molecule has 0 bridgehead atoms. The quantitative estimate of drug-likeness (QED) is 0.292. The summed E-state index contributed by atoms with van der Waals surface area (Å²) >= 11 is 0. The fourth-order valence-corrected chi connectivity index (χ4v) is 0.451. The van der Waals surface area contributed by atoms with Gasteiger partial charge in [0.2, 0.25) is 0 Å². The zero-order valence-electron chi connectivity index (χ0n) is 5.20. The van der Waals surface area contributed by atoms with Gasteiger partial charge in [0.1, 0.15) is 13.3 Å². The second-order valence-electron chi connectivity index (χ2n) is 1.64. The molecule has 0 aliphatic heterocycles. The number of hydrogen-bond donors (Lipinski definition) is 1. The molecule has 0 heterocycles. The van der Waals surface area contributed by atoms with Gasteiger partial charge in [-0.3, -0.25) is 4.99 Å². The lowest BCUT2D eigenvalue weighted by atomic mass is 10.3. The summed E-state index contributed by atoms with van der Waals surface area (Å²) in [6.07, 6.45) is 5.88. The minimum absolute atomic E-state index is 1.20. The van der Waals surface area contributed by atoms with Crippen LogP contribution in [0.1, 0.15) is 26.2 Å². The number of rotatable bonds is 3. The van der Waals surface area contributed by atoms with Crippen LogP contribution in [-0.4, -0.2) is 13.3 Å². The largest absolute Gasteiger partial charge is 0.254 e. The summed E-state index contributed by atoms with van der Waals surface area (Å²) in [5, 5.41) is 0. The zero-order valence-corrected chi connectivity index (χ0v) is 5.20. The summed E-state index contributed by atoms with van der Waals surface area (Å²) in [6.45, 7) is 2.20. The summed E-state index contributed by atoms with van der Waals surface area (Å²) in [6, 6.07) is 0. The van der Waals surface area contributed by atoms with Crippen molar-refractivity contribution in [3.05, 3.63) is 0 Å². The molecule has 0 aromatic carbocycles. The van der Waals surface area contributed by atoms with Crippen molar-refractivity contribution in [1.82, 2.24) is 0 Å². The molecule has 0 fully saturated rings. The second-order valence-corrected chi connectivity index (χ2v) is 1.64. The van der Waals surface area contributed by atoms with E-state index in [9.17, 15) is 0 Å². The smallest absolute Gasteiger partial charge is 0.137 e. The summed E-state index contributed by atoms with van der Waals surface area (Å²) in [4.78, 5) is 2.98. The topological polar surface area (TPSA) is 14.0 Å². The lowest BCUT2D eigenvalue weighted by molar-refractivity contribution is -0.415. The molecule has 0 aliphatic carbocycles. The molecule has 0 aliphatic rings. The van der Waals surface area contributed by atoms with Gasteiger partial charge in [-0.1, -0.05) is 13.3 Å². The fourth-order valence-electron chi connectivity index (χ4n) is 0.451. The van der Waals surface area contributed by atoms with Crippen LogP contribution in [-0.2, 0) is 0 Å². The predicted molar refractivity (Wildman–Crippen MR) is 32.5 cm³/mol. The molecule has 0 aromatic rings. The Balaban J connectivity index is 2.69. The van der Waals surface area contributed by atoms with Gasteiger partial charge in [0, 0.05) is 6.42 Å². The van der Waals surface area contributed by atoms with E-state index in [2.05, 4.69) is 18.1 Å². The highest BCUT2D eigenvalue weighted by molar-refractivity contribution is 5.49. The molecule has 0 radical (unpaired) electrons. The van der Waals surface area contributed by atoms with Gasteiger partial charge in [-0.25, -0.2) is 0 Å². The van der Waals surface area contributed by atoms with Crippen LogP contribution in [0.5, 0.6) is 0 Å². The molecule has 1 heteroatoms. The maximum absolute atomic E-state index is 2.98. The van der Waals surface area contributed by atoms with Gasteiger partial charge in [0.05, 0.1) is 0 Å². The van der Waals surface area contributed by atoms with E-state index in [1.807, 2.05) is 7.05 Å². The van der Waals surface area contributed by atoms with Crippen LogP contribution in [0.2, 0.25) is 0 Å². The second kappa shape index (κ2) is 5.67. The van der Waals surface area contributed by atoms with E-state index in [0.717, 1.165) is 0 Å². The minimum atomic E-state index is 1.20. The standard InChI is InChI=1S/C6H13N/c1-3-4-5-6-7-2/h6H,3-5H2,1-2H3/p+1/i1+1,2+1. The Kier molecular flexibility index (Phi) is 5.40. The Morgan fingerprint density at radius 2 is 2.29 bits per heavy atom. The van der Waals surface area contributed by atoms with Crippen molar-refractivity contribution in [2.45, 2.75) is 26.2 Å². The van der Waals surface area contributed by atoms with Crippen molar-refractivity contribution >= 4 is 6.21 Å². The van der Waals surface area contributed by atoms with Crippen LogP contribution in [0.25, 0.3) is 0 Å². The van der Waals surface area contributed by atoms with Gasteiger partial charge < -0.3 is 0 Å². The first-order valence-corrected chi connectivity index (χ1v) is 2.90. The lowest BCUT2D eigenvalue weighted by Crippen LogP contribution is -2.62. The molecule has 0 rings (SSSR count). The lowest BCUT2D eigenvalue weighted by Gasteiger charge is -1.79. The molecule has 42 valence electrons. The third-order valence-corrected chi connectivity index (χ3v) is 0.906. The minimum Gasteiger partial charge on any atom is -0.254 e. The summed E-state index contributed by atoms with van der Waals surface area (Å²) in [7, 11) is 1.94. The van der Waals surface area contributed by atoms with E-state index in [1.54, 1.807) is 0 Å². The van der Waals surface area contributed by atoms with Crippen LogP contribution >= 0.6 is 0 Å². The first-order valence-electron chi connectivity index (χ1n) is 2.90. The van der Waals surface area contributed by atoms with Crippen molar-refractivity contribution in [3.8, 4) is 0 Å². The molecule has 0 spiro atoms. The van der Waals surface area contributed by atoms with Crippen LogP contribution < -0.4 is 4.99 Å². The highest BCUT2D eigenvalue weighted by Gasteiger charge is 1.77. The van der Waals surface area contributed by atoms with Crippen LogP contribution in [0.15, 0.2) is 0 Å². The van der Waals surface area contributed by atoms with Crippen LogP contribution in [0.4, 0.5) is 0 Å². The molecule has 0 aromatic heterocycles. The fraction of sp³-hybridized carbons (Fsp3) is 0.833. The summed E-state index contributed by atoms with van der Waals surface area (Å²) < 4.78 is 0. The van der Waals surface area contributed by atoms with E-state index in [1.165, 1.54) is 19.3 Å². The maximum atomic E-state index is 2.98. The normalized spacial score (nSPS) is 10.6. The van der Waals surface area contributed by atoms with Crippen molar-refractivity contribution in [2.24, 2.45) is 0 Å². The van der Waals surface area contributed by atoms with Gasteiger partial charge in [-0.05, 0) is 6.42 Å². The third kappa shape index (κ3) is 5.67. The zero-order chi connectivity index (χ0) is 5.54. The van der Waals surface area contributed by atoms with E-state index >= 15 is 0 Å². The van der Waals surface area contributed by atoms with Crippen molar-refractivity contribution < 1.29 is 4.99 Å². The Morgan fingerprint density at radius 3 is 2.71 bits per heavy atom. The monoisotopic (exact) mass is 102 g/mol. The number of nitrogens with one attached hydrogen (secondary N) is 1. The van der Waals surface area contributed by atoms with Crippen molar-refractivity contribution in [1.29, 1.82) is 0 Å². The van der Waals surface area contributed by atoms with E-state index < -0.39 is 0 Å². The summed E-state index contributed by atoms with van der Waals surface area (Å²) in [5.41, 5.74) is 0. The third-order valence-electron chi connectivity index (χ3n) is 0.906. The van der Waals surface area contributed by atoms with E-state index in [0.29, 0.717) is 0 Å². The average molecular weight is 102 g/mol. The van der Waals surface area contributed by atoms with Crippen molar-refractivity contribution in [2.75, 3.05) is 7.05 Å². The molecule has 1 nitrogen and oxygen atoms in total.